The fourth-order valence-corrected chi connectivity index (χ4v) is 0.965. The van der Waals surface area contributed by atoms with E-state index in [0.29, 0.717) is 18.7 Å². The minimum absolute atomic E-state index is 0.212. The zero-order valence-electron chi connectivity index (χ0n) is 7.16. The Morgan fingerprint density at radius 3 is 2.67 bits per heavy atom. The van der Waals surface area contributed by atoms with E-state index in [2.05, 4.69) is 9.97 Å². The summed E-state index contributed by atoms with van der Waals surface area (Å²) in [5.41, 5.74) is 0. The van der Waals surface area contributed by atoms with E-state index in [1.165, 1.54) is 0 Å². The monoisotopic (exact) mass is 164 g/mol. The summed E-state index contributed by atoms with van der Waals surface area (Å²) >= 11 is 0. The van der Waals surface area contributed by atoms with Gasteiger partial charge in [0, 0.05) is 18.8 Å². The van der Waals surface area contributed by atoms with Crippen LogP contribution in [-0.4, -0.2) is 15.8 Å². The van der Waals surface area contributed by atoms with Gasteiger partial charge in [0.15, 0.2) is 0 Å². The molecular formula is C9H12N2O. The minimum Gasteiger partial charge on any atom is -0.299 e. The van der Waals surface area contributed by atoms with E-state index in [1.807, 2.05) is 6.92 Å². The molecule has 0 aliphatic rings. The largest absolute Gasteiger partial charge is 0.299 e. The summed E-state index contributed by atoms with van der Waals surface area (Å²) in [6.07, 6.45) is 5.20. The molecule has 0 aliphatic carbocycles. The highest BCUT2D eigenvalue weighted by Gasteiger charge is 2.02. The van der Waals surface area contributed by atoms with E-state index in [1.54, 1.807) is 18.5 Å². The van der Waals surface area contributed by atoms with Crippen molar-refractivity contribution >= 4 is 5.78 Å². The number of nitrogens with zero attached hydrogens (tertiary/aromatic N) is 2. The lowest BCUT2D eigenvalue weighted by Crippen LogP contribution is -2.04. The number of hydrogen-bond donors (Lipinski definition) is 0. The molecule has 0 atom stereocenters. The van der Waals surface area contributed by atoms with Crippen molar-refractivity contribution in [2.45, 2.75) is 26.2 Å². The molecule has 64 valence electrons. The number of ketones is 1. The second-order valence-electron chi connectivity index (χ2n) is 2.63. The lowest BCUT2D eigenvalue weighted by atomic mass is 10.2. The summed E-state index contributed by atoms with van der Waals surface area (Å²) in [5.74, 6) is 0.833. The lowest BCUT2D eigenvalue weighted by Gasteiger charge is -1.96. The van der Waals surface area contributed by atoms with Crippen LogP contribution in [0.25, 0.3) is 0 Å². The molecule has 0 spiro atoms. The summed E-state index contributed by atoms with van der Waals surface area (Å²) in [6, 6.07) is 1.74. The minimum atomic E-state index is 0.212. The number of rotatable bonds is 4. The second-order valence-corrected chi connectivity index (χ2v) is 2.63. The topological polar surface area (TPSA) is 42.9 Å². The van der Waals surface area contributed by atoms with Gasteiger partial charge in [-0.25, -0.2) is 9.97 Å². The van der Waals surface area contributed by atoms with Gasteiger partial charge in [-0.3, -0.25) is 4.79 Å². The molecule has 0 bridgehead atoms. The van der Waals surface area contributed by atoms with Crippen molar-refractivity contribution < 1.29 is 4.79 Å². The highest BCUT2D eigenvalue weighted by molar-refractivity contribution is 5.79. The lowest BCUT2D eigenvalue weighted by molar-refractivity contribution is -0.118. The average Bonchev–Trinajstić information content (AvgIpc) is 2.06. The molecule has 1 aromatic rings. The maximum absolute atomic E-state index is 11.1. The van der Waals surface area contributed by atoms with Crippen LogP contribution < -0.4 is 0 Å². The Hall–Kier alpha value is -1.25. The molecule has 0 unspecified atom stereocenters. The standard InChI is InChI=1S/C9H12N2O/c1-2-4-8(12)7-9-10-5-3-6-11-9/h3,5-6H,2,4,7H2,1H3. The number of aromatic nitrogens is 2. The number of carbonyl (C=O) groups is 1. The van der Waals surface area contributed by atoms with Gasteiger partial charge in [0.25, 0.3) is 0 Å². The summed E-state index contributed by atoms with van der Waals surface area (Å²) in [5, 5.41) is 0. The Morgan fingerprint density at radius 1 is 1.42 bits per heavy atom. The van der Waals surface area contributed by atoms with Crippen molar-refractivity contribution in [3.8, 4) is 0 Å². The highest BCUT2D eigenvalue weighted by atomic mass is 16.1. The van der Waals surface area contributed by atoms with E-state index in [0.717, 1.165) is 6.42 Å². The number of hydrogen-bond acceptors (Lipinski definition) is 3. The molecule has 12 heavy (non-hydrogen) atoms. The molecule has 3 nitrogen and oxygen atoms in total. The van der Waals surface area contributed by atoms with E-state index in [4.69, 9.17) is 0 Å². The Morgan fingerprint density at radius 2 is 2.08 bits per heavy atom. The fourth-order valence-electron chi connectivity index (χ4n) is 0.965. The van der Waals surface area contributed by atoms with Crippen molar-refractivity contribution in [3.05, 3.63) is 24.3 Å². The van der Waals surface area contributed by atoms with Crippen LogP contribution in [0.4, 0.5) is 0 Å². The van der Waals surface area contributed by atoms with Gasteiger partial charge in [0.1, 0.15) is 11.6 Å². The van der Waals surface area contributed by atoms with Gasteiger partial charge in [0.2, 0.25) is 0 Å². The van der Waals surface area contributed by atoms with Crippen molar-refractivity contribution in [1.29, 1.82) is 0 Å². The first-order valence-electron chi connectivity index (χ1n) is 4.10. The average molecular weight is 164 g/mol. The third-order valence-electron chi connectivity index (χ3n) is 1.50. The van der Waals surface area contributed by atoms with Crippen LogP contribution in [0.1, 0.15) is 25.6 Å². The smallest absolute Gasteiger partial charge is 0.140 e. The third kappa shape index (κ3) is 2.78. The Labute approximate surface area is 71.9 Å². The SMILES string of the molecule is CCCC(=O)Cc1ncccn1. The fraction of sp³-hybridized carbons (Fsp3) is 0.444. The van der Waals surface area contributed by atoms with Gasteiger partial charge in [-0.15, -0.1) is 0 Å². The molecule has 0 aromatic carbocycles. The maximum atomic E-state index is 11.1. The van der Waals surface area contributed by atoms with Gasteiger partial charge in [0.05, 0.1) is 6.42 Å². The van der Waals surface area contributed by atoms with Crippen molar-refractivity contribution in [2.75, 3.05) is 0 Å². The highest BCUT2D eigenvalue weighted by Crippen LogP contribution is 1.96. The van der Waals surface area contributed by atoms with Gasteiger partial charge in [-0.1, -0.05) is 6.92 Å². The second kappa shape index (κ2) is 4.59. The molecule has 0 amide bonds. The van der Waals surface area contributed by atoms with Gasteiger partial charge >= 0.3 is 0 Å². The molecular weight excluding hydrogens is 152 g/mol. The van der Waals surface area contributed by atoms with Gasteiger partial charge in [-0.2, -0.15) is 0 Å². The number of Topliss-reactive ketones (excluding diaryl/α,β-unsaturated/α-hetero) is 1. The number of carbonyl (C=O) groups excluding carboxylic acids is 1. The van der Waals surface area contributed by atoms with E-state index >= 15 is 0 Å². The van der Waals surface area contributed by atoms with Gasteiger partial charge in [-0.05, 0) is 12.5 Å². The van der Waals surface area contributed by atoms with Crippen LogP contribution >= 0.6 is 0 Å². The first kappa shape index (κ1) is 8.84. The molecule has 0 saturated carbocycles. The van der Waals surface area contributed by atoms with Crippen molar-refractivity contribution in [1.82, 2.24) is 9.97 Å². The predicted octanol–water partition coefficient (Wildman–Crippen LogP) is 1.39. The van der Waals surface area contributed by atoms with Gasteiger partial charge < -0.3 is 0 Å². The third-order valence-corrected chi connectivity index (χ3v) is 1.50. The summed E-state index contributed by atoms with van der Waals surface area (Å²) in [4.78, 5) is 19.1. The van der Waals surface area contributed by atoms with Crippen LogP contribution in [-0.2, 0) is 11.2 Å². The van der Waals surface area contributed by atoms with Crippen LogP contribution in [0.2, 0.25) is 0 Å². The molecule has 0 N–H and O–H groups in total. The summed E-state index contributed by atoms with van der Waals surface area (Å²) < 4.78 is 0. The predicted molar refractivity (Wildman–Crippen MR) is 45.7 cm³/mol. The van der Waals surface area contributed by atoms with Crippen LogP contribution in [0.5, 0.6) is 0 Å². The zero-order chi connectivity index (χ0) is 8.81. The van der Waals surface area contributed by atoms with Crippen molar-refractivity contribution in [3.63, 3.8) is 0 Å². The molecule has 0 saturated heterocycles. The Kier molecular flexibility index (Phi) is 3.38. The molecule has 1 heterocycles. The van der Waals surface area contributed by atoms with Crippen LogP contribution in [0.3, 0.4) is 0 Å². The summed E-state index contributed by atoms with van der Waals surface area (Å²) in [7, 11) is 0. The van der Waals surface area contributed by atoms with E-state index < -0.39 is 0 Å². The Bertz CT molecular complexity index is 246. The first-order chi connectivity index (χ1) is 5.83. The molecule has 0 fully saturated rings. The zero-order valence-corrected chi connectivity index (χ0v) is 7.16. The quantitative estimate of drug-likeness (QED) is 0.675. The molecule has 1 aromatic heterocycles. The maximum Gasteiger partial charge on any atom is 0.140 e. The molecule has 0 radical (unpaired) electrons. The molecule has 3 heteroatoms. The Balaban J connectivity index is 2.47. The normalized spacial score (nSPS) is 9.75. The first-order valence-corrected chi connectivity index (χ1v) is 4.10. The van der Waals surface area contributed by atoms with E-state index in [-0.39, 0.29) is 5.78 Å². The van der Waals surface area contributed by atoms with Crippen LogP contribution in [0.15, 0.2) is 18.5 Å². The van der Waals surface area contributed by atoms with E-state index in [9.17, 15) is 4.79 Å². The molecule has 1 rings (SSSR count). The van der Waals surface area contributed by atoms with Crippen molar-refractivity contribution in [2.24, 2.45) is 0 Å². The summed E-state index contributed by atoms with van der Waals surface area (Å²) in [6.45, 7) is 1.99. The molecule has 0 aliphatic heterocycles. The van der Waals surface area contributed by atoms with Crippen LogP contribution in [0, 0.1) is 0 Å².